The van der Waals surface area contributed by atoms with Crippen molar-refractivity contribution in [3.63, 3.8) is 0 Å². The minimum atomic E-state index is -2.07. The molecule has 3 N–H and O–H groups in total. The fourth-order valence-corrected chi connectivity index (χ4v) is 1.00. The molecule has 0 spiro atoms. The maximum absolute atomic E-state index is 10.5. The molecule has 0 aromatic heterocycles. The Hall–Kier alpha value is -1.50. The van der Waals surface area contributed by atoms with Crippen LogP contribution in [0.5, 0.6) is 0 Å². The van der Waals surface area contributed by atoms with Gasteiger partial charge in [-0.1, -0.05) is 0 Å². The van der Waals surface area contributed by atoms with Crippen LogP contribution in [0.2, 0.25) is 0 Å². The Bertz CT molecular complexity index is 236. The summed E-state index contributed by atoms with van der Waals surface area (Å²) in [5.41, 5.74) is -2.07. The lowest BCUT2D eigenvalue weighted by atomic mass is 9.78. The molecule has 1 aliphatic heterocycles. The second-order valence-corrected chi connectivity index (χ2v) is 2.47. The number of carbonyl (C=O) groups is 2. The number of carboxylic acid groups (broad SMARTS) is 2. The number of hydrogen-bond acceptors (Lipinski definition) is 5. The van der Waals surface area contributed by atoms with Crippen molar-refractivity contribution in [1.29, 1.82) is 0 Å². The van der Waals surface area contributed by atoms with E-state index in [4.69, 9.17) is 10.2 Å². The first-order valence-electron chi connectivity index (χ1n) is 3.08. The molecule has 7 heteroatoms. The number of hydrogen-bond donors (Lipinski definition) is 3. The zero-order valence-corrected chi connectivity index (χ0v) is 5.85. The molecule has 1 aliphatic rings. The molecule has 1 fully saturated rings. The molecule has 12 heavy (non-hydrogen) atoms. The van der Waals surface area contributed by atoms with Gasteiger partial charge in [0, 0.05) is 6.54 Å². The SMILES string of the molecule is O=NC1NCC1(C(=O)O)C(=O)O. The van der Waals surface area contributed by atoms with Crippen LogP contribution in [0.3, 0.4) is 0 Å². The van der Waals surface area contributed by atoms with E-state index in [1.54, 1.807) is 0 Å². The molecular weight excluding hydrogens is 168 g/mol. The molecule has 1 unspecified atom stereocenters. The van der Waals surface area contributed by atoms with Gasteiger partial charge in [0.1, 0.15) is 0 Å². The number of nitrogens with one attached hydrogen (secondary N) is 1. The van der Waals surface area contributed by atoms with Gasteiger partial charge < -0.3 is 10.2 Å². The summed E-state index contributed by atoms with van der Waals surface area (Å²) < 4.78 is 0. The van der Waals surface area contributed by atoms with Crippen molar-refractivity contribution in [1.82, 2.24) is 5.32 Å². The third-order valence-corrected chi connectivity index (χ3v) is 1.91. The van der Waals surface area contributed by atoms with Crippen LogP contribution in [0.25, 0.3) is 0 Å². The predicted octanol–water partition coefficient (Wildman–Crippen LogP) is -1.16. The first-order chi connectivity index (χ1) is 5.55. The van der Waals surface area contributed by atoms with Gasteiger partial charge >= 0.3 is 11.9 Å². The number of rotatable bonds is 3. The molecule has 1 saturated heterocycles. The average Bonchev–Trinajstić information content (AvgIpc) is 1.84. The van der Waals surface area contributed by atoms with Crippen molar-refractivity contribution in [2.75, 3.05) is 6.54 Å². The summed E-state index contributed by atoms with van der Waals surface area (Å²) in [4.78, 5) is 31.0. The molecule has 0 saturated carbocycles. The maximum Gasteiger partial charge on any atom is 0.326 e. The summed E-state index contributed by atoms with van der Waals surface area (Å²) in [5, 5.41) is 21.7. The fraction of sp³-hybridized carbons (Fsp3) is 0.600. The lowest BCUT2D eigenvalue weighted by Gasteiger charge is -2.38. The van der Waals surface area contributed by atoms with E-state index in [1.807, 2.05) is 0 Å². The van der Waals surface area contributed by atoms with Gasteiger partial charge in [-0.05, 0) is 5.18 Å². The topological polar surface area (TPSA) is 116 Å². The smallest absolute Gasteiger partial charge is 0.326 e. The van der Waals surface area contributed by atoms with Crippen molar-refractivity contribution in [2.45, 2.75) is 6.17 Å². The lowest BCUT2D eigenvalue weighted by molar-refractivity contribution is -0.173. The Morgan fingerprint density at radius 1 is 1.42 bits per heavy atom. The number of aliphatic carboxylic acids is 2. The molecule has 0 aliphatic carbocycles. The second kappa shape index (κ2) is 2.52. The zero-order chi connectivity index (χ0) is 9.35. The average molecular weight is 174 g/mol. The van der Waals surface area contributed by atoms with E-state index >= 15 is 0 Å². The van der Waals surface area contributed by atoms with Crippen LogP contribution in [0.15, 0.2) is 5.18 Å². The highest BCUT2D eigenvalue weighted by Crippen LogP contribution is 2.31. The van der Waals surface area contributed by atoms with Crippen LogP contribution in [0.4, 0.5) is 0 Å². The molecule has 0 radical (unpaired) electrons. The van der Waals surface area contributed by atoms with Crippen molar-refractivity contribution < 1.29 is 19.8 Å². The van der Waals surface area contributed by atoms with E-state index in [0.29, 0.717) is 0 Å². The van der Waals surface area contributed by atoms with Crippen LogP contribution >= 0.6 is 0 Å². The van der Waals surface area contributed by atoms with Gasteiger partial charge in [-0.3, -0.25) is 14.9 Å². The summed E-state index contributed by atoms with van der Waals surface area (Å²) in [6, 6.07) is 0. The van der Waals surface area contributed by atoms with E-state index < -0.39 is 23.5 Å². The predicted molar refractivity (Wildman–Crippen MR) is 35.3 cm³/mol. The molecule has 1 atom stereocenters. The van der Waals surface area contributed by atoms with Crippen LogP contribution in [0, 0.1) is 10.3 Å². The minimum Gasteiger partial charge on any atom is -0.480 e. The monoisotopic (exact) mass is 174 g/mol. The first-order valence-corrected chi connectivity index (χ1v) is 3.08. The fourth-order valence-electron chi connectivity index (χ4n) is 1.00. The van der Waals surface area contributed by atoms with Gasteiger partial charge in [-0.2, -0.15) is 0 Å². The standard InChI is InChI=1S/C5H6N2O5/c8-3(9)5(4(10)11)1-6-2(5)7-12/h2,6H,1H2,(H,8,9)(H,10,11). The van der Waals surface area contributed by atoms with Gasteiger partial charge in [0.2, 0.25) is 5.41 Å². The third-order valence-electron chi connectivity index (χ3n) is 1.91. The third kappa shape index (κ3) is 0.797. The largest absolute Gasteiger partial charge is 0.480 e. The Morgan fingerprint density at radius 3 is 2.00 bits per heavy atom. The van der Waals surface area contributed by atoms with Gasteiger partial charge in [0.25, 0.3) is 0 Å². The van der Waals surface area contributed by atoms with Crippen molar-refractivity contribution in [2.24, 2.45) is 10.6 Å². The molecule has 1 heterocycles. The van der Waals surface area contributed by atoms with Crippen LogP contribution in [-0.2, 0) is 9.59 Å². The molecule has 0 amide bonds. The summed E-state index contributed by atoms with van der Waals surface area (Å²) >= 11 is 0. The van der Waals surface area contributed by atoms with Gasteiger partial charge in [0.05, 0.1) is 0 Å². The van der Waals surface area contributed by atoms with E-state index in [2.05, 4.69) is 10.5 Å². The summed E-state index contributed by atoms with van der Waals surface area (Å²) in [7, 11) is 0. The molecule has 7 nitrogen and oxygen atoms in total. The highest BCUT2D eigenvalue weighted by molar-refractivity contribution is 6.00. The Labute approximate surface area is 66.3 Å². The molecule has 0 bridgehead atoms. The summed E-state index contributed by atoms with van der Waals surface area (Å²) in [5.74, 6) is -3.09. The van der Waals surface area contributed by atoms with E-state index in [-0.39, 0.29) is 6.54 Å². The highest BCUT2D eigenvalue weighted by Gasteiger charge is 2.61. The number of nitrogens with zero attached hydrogens (tertiary/aromatic N) is 1. The summed E-state index contributed by atoms with van der Waals surface area (Å²) in [6.07, 6.45) is -1.37. The second-order valence-electron chi connectivity index (χ2n) is 2.47. The van der Waals surface area contributed by atoms with E-state index in [0.717, 1.165) is 0 Å². The lowest BCUT2D eigenvalue weighted by Crippen LogP contribution is -2.69. The van der Waals surface area contributed by atoms with Crippen molar-refractivity contribution in [3.05, 3.63) is 4.91 Å². The zero-order valence-electron chi connectivity index (χ0n) is 5.85. The maximum atomic E-state index is 10.5. The molecule has 0 aromatic carbocycles. The van der Waals surface area contributed by atoms with Gasteiger partial charge in [-0.15, -0.1) is 4.91 Å². The number of carboxylic acids is 2. The van der Waals surface area contributed by atoms with Crippen LogP contribution in [0.1, 0.15) is 0 Å². The van der Waals surface area contributed by atoms with E-state index in [9.17, 15) is 14.5 Å². The Kier molecular flexibility index (Phi) is 1.81. The van der Waals surface area contributed by atoms with Crippen LogP contribution in [-0.4, -0.2) is 34.9 Å². The molecule has 1 rings (SSSR count). The van der Waals surface area contributed by atoms with Crippen LogP contribution < -0.4 is 5.32 Å². The quantitative estimate of drug-likeness (QED) is 0.367. The first kappa shape index (κ1) is 8.60. The Balaban J connectivity index is 2.96. The molecule has 66 valence electrons. The molecule has 0 aromatic rings. The molecular formula is C5H6N2O5. The van der Waals surface area contributed by atoms with Crippen molar-refractivity contribution in [3.8, 4) is 0 Å². The minimum absolute atomic E-state index is 0.270. The van der Waals surface area contributed by atoms with Crippen molar-refractivity contribution >= 4 is 11.9 Å². The van der Waals surface area contributed by atoms with E-state index in [1.165, 1.54) is 0 Å². The summed E-state index contributed by atoms with van der Waals surface area (Å²) in [6.45, 7) is -0.270. The van der Waals surface area contributed by atoms with Gasteiger partial charge in [-0.25, -0.2) is 0 Å². The number of nitroso groups, excluding NO2 is 1. The normalized spacial score (nSPS) is 25.5. The Morgan fingerprint density at radius 2 is 1.92 bits per heavy atom. The van der Waals surface area contributed by atoms with Gasteiger partial charge in [0.15, 0.2) is 6.17 Å². The highest BCUT2D eigenvalue weighted by atomic mass is 16.4.